The van der Waals surface area contributed by atoms with Crippen LogP contribution in [0.4, 0.5) is 35.1 Å². The first-order valence-corrected chi connectivity index (χ1v) is 11.4. The van der Waals surface area contributed by atoms with Crippen LogP contribution in [0.25, 0.3) is 0 Å². The van der Waals surface area contributed by atoms with Crippen molar-refractivity contribution in [1.29, 1.82) is 0 Å². The van der Waals surface area contributed by atoms with E-state index in [2.05, 4.69) is 4.74 Å². The summed E-state index contributed by atoms with van der Waals surface area (Å²) >= 11 is 0. The average Bonchev–Trinajstić information content (AvgIpc) is 2.75. The lowest BCUT2D eigenvalue weighted by atomic mass is 9.66. The molecule has 0 aromatic carbocycles. The smallest absolute Gasteiger partial charge is 0.384 e. The molecule has 0 aromatic rings. The maximum absolute atomic E-state index is 15.5. The second kappa shape index (κ2) is 10.2. The Morgan fingerprint density at radius 3 is 2.00 bits per heavy atom. The van der Waals surface area contributed by atoms with Crippen LogP contribution < -0.4 is 0 Å². The number of ether oxygens (including phenoxy) is 2. The molecule has 3 atom stereocenters. The SMILES string of the molecule is COCC1CCC(C2CCC(C3(F)C=CC(OC(F)(F)C(F)C(F)(F)F)C(F)=C3)CC2)CC1. The Morgan fingerprint density at radius 1 is 0.970 bits per heavy atom. The number of hydrogen-bond donors (Lipinski definition) is 0. The van der Waals surface area contributed by atoms with Gasteiger partial charge in [-0.1, -0.05) is 0 Å². The molecule has 0 heterocycles. The lowest BCUT2D eigenvalue weighted by Crippen LogP contribution is -2.46. The molecule has 3 rings (SSSR count). The summed E-state index contributed by atoms with van der Waals surface area (Å²) in [4.78, 5) is 0. The lowest BCUT2D eigenvalue weighted by Gasteiger charge is -2.41. The lowest BCUT2D eigenvalue weighted by molar-refractivity contribution is -0.341. The van der Waals surface area contributed by atoms with E-state index in [1.165, 1.54) is 0 Å². The molecule has 190 valence electrons. The van der Waals surface area contributed by atoms with Gasteiger partial charge in [0.1, 0.15) is 11.9 Å². The van der Waals surface area contributed by atoms with Crippen molar-refractivity contribution < 1.29 is 44.6 Å². The van der Waals surface area contributed by atoms with Gasteiger partial charge in [-0.05, 0) is 87.3 Å². The highest BCUT2D eigenvalue weighted by molar-refractivity contribution is 5.29. The van der Waals surface area contributed by atoms with Gasteiger partial charge < -0.3 is 9.47 Å². The minimum absolute atomic E-state index is 0.452. The third-order valence-corrected chi connectivity index (χ3v) is 7.38. The van der Waals surface area contributed by atoms with E-state index in [1.54, 1.807) is 7.11 Å². The van der Waals surface area contributed by atoms with Gasteiger partial charge in [-0.15, -0.1) is 0 Å². The van der Waals surface area contributed by atoms with E-state index in [0.717, 1.165) is 51.2 Å². The molecule has 33 heavy (non-hydrogen) atoms. The zero-order valence-electron chi connectivity index (χ0n) is 18.4. The molecule has 0 saturated heterocycles. The van der Waals surface area contributed by atoms with Crippen LogP contribution in [-0.2, 0) is 9.47 Å². The fraction of sp³-hybridized carbons (Fsp3) is 0.826. The van der Waals surface area contributed by atoms with Gasteiger partial charge in [0.05, 0.1) is 0 Å². The summed E-state index contributed by atoms with van der Waals surface area (Å²) in [7, 11) is 1.69. The molecule has 2 saturated carbocycles. The first-order chi connectivity index (χ1) is 15.4. The van der Waals surface area contributed by atoms with E-state index in [4.69, 9.17) is 4.74 Å². The zero-order chi connectivity index (χ0) is 24.4. The van der Waals surface area contributed by atoms with E-state index >= 15 is 4.39 Å². The van der Waals surface area contributed by atoms with E-state index in [1.807, 2.05) is 0 Å². The van der Waals surface area contributed by atoms with Gasteiger partial charge >= 0.3 is 12.3 Å². The Balaban J connectivity index is 1.55. The fourth-order valence-corrected chi connectivity index (χ4v) is 5.53. The highest BCUT2D eigenvalue weighted by Gasteiger charge is 2.59. The molecule has 0 spiro atoms. The number of halogens is 8. The van der Waals surface area contributed by atoms with Crippen molar-refractivity contribution in [3.05, 3.63) is 24.1 Å². The van der Waals surface area contributed by atoms with Crippen LogP contribution in [0.1, 0.15) is 51.4 Å². The van der Waals surface area contributed by atoms with E-state index in [-0.39, 0.29) is 0 Å². The molecule has 0 aliphatic heterocycles. The average molecular weight is 490 g/mol. The molecule has 3 aliphatic rings. The Kier molecular flexibility index (Phi) is 8.19. The highest BCUT2D eigenvalue weighted by atomic mass is 19.4. The van der Waals surface area contributed by atoms with Crippen LogP contribution in [0.2, 0.25) is 0 Å². The Morgan fingerprint density at radius 2 is 1.52 bits per heavy atom. The first-order valence-electron chi connectivity index (χ1n) is 11.4. The summed E-state index contributed by atoms with van der Waals surface area (Å²) in [5.41, 5.74) is -2.25. The summed E-state index contributed by atoms with van der Waals surface area (Å²) in [5.74, 6) is -0.484. The molecule has 10 heteroatoms. The molecule has 0 aromatic heterocycles. The monoisotopic (exact) mass is 490 g/mol. The molecule has 0 N–H and O–H groups in total. The van der Waals surface area contributed by atoms with E-state index in [0.29, 0.717) is 42.7 Å². The van der Waals surface area contributed by atoms with Gasteiger partial charge in [-0.25, -0.2) is 13.2 Å². The molecular formula is C23H30F8O2. The van der Waals surface area contributed by atoms with Crippen LogP contribution in [0.5, 0.6) is 0 Å². The number of allylic oxidation sites excluding steroid dienone is 2. The predicted molar refractivity (Wildman–Crippen MR) is 106 cm³/mol. The van der Waals surface area contributed by atoms with Crippen molar-refractivity contribution in [3.8, 4) is 0 Å². The van der Waals surface area contributed by atoms with Crippen molar-refractivity contribution in [3.63, 3.8) is 0 Å². The van der Waals surface area contributed by atoms with Crippen molar-refractivity contribution >= 4 is 0 Å². The molecule has 3 unspecified atom stereocenters. The summed E-state index contributed by atoms with van der Waals surface area (Å²) in [6.07, 6.45) is -9.27. The van der Waals surface area contributed by atoms with Crippen molar-refractivity contribution in [2.24, 2.45) is 23.7 Å². The summed E-state index contributed by atoms with van der Waals surface area (Å²) < 4.78 is 115. The zero-order valence-corrected chi connectivity index (χ0v) is 18.4. The number of methoxy groups -OCH3 is 1. The number of hydrogen-bond acceptors (Lipinski definition) is 2. The van der Waals surface area contributed by atoms with E-state index in [9.17, 15) is 30.7 Å². The first kappa shape index (κ1) is 26.4. The summed E-state index contributed by atoms with van der Waals surface area (Å²) in [6.45, 7) is 0.757. The van der Waals surface area contributed by atoms with Gasteiger partial charge in [0.25, 0.3) is 6.17 Å². The third-order valence-electron chi connectivity index (χ3n) is 7.38. The van der Waals surface area contributed by atoms with Gasteiger partial charge in [-0.2, -0.15) is 22.0 Å². The standard InChI is InChI=1S/C23H30F8O2/c1-32-13-14-2-4-15(5-3-14)16-6-8-17(9-7-16)21(26)11-10-19(18(24)12-21)33-23(30,31)20(25)22(27,28)29/h10-12,14-17,19-20H,2-9,13H2,1H3. The predicted octanol–water partition coefficient (Wildman–Crippen LogP) is 7.26. The summed E-state index contributed by atoms with van der Waals surface area (Å²) in [5, 5.41) is 0. The Bertz CT molecular complexity index is 706. The minimum atomic E-state index is -5.88. The third kappa shape index (κ3) is 6.29. The fourth-order valence-electron chi connectivity index (χ4n) is 5.53. The molecule has 0 radical (unpaired) electrons. The second-order valence-corrected chi connectivity index (χ2v) is 9.57. The van der Waals surface area contributed by atoms with Crippen molar-refractivity contribution in [1.82, 2.24) is 0 Å². The minimum Gasteiger partial charge on any atom is -0.384 e. The number of alkyl halides is 7. The largest absolute Gasteiger partial charge is 0.428 e. The quantitative estimate of drug-likeness (QED) is 0.276. The summed E-state index contributed by atoms with van der Waals surface area (Å²) in [6, 6.07) is 0. The van der Waals surface area contributed by atoms with Crippen LogP contribution in [0, 0.1) is 23.7 Å². The molecule has 0 amide bonds. The van der Waals surface area contributed by atoms with Crippen LogP contribution >= 0.6 is 0 Å². The normalized spacial score (nSPS) is 37.0. The van der Waals surface area contributed by atoms with Gasteiger partial charge in [-0.3, -0.25) is 0 Å². The van der Waals surface area contributed by atoms with Gasteiger partial charge in [0.2, 0.25) is 0 Å². The van der Waals surface area contributed by atoms with Gasteiger partial charge in [0.15, 0.2) is 5.67 Å². The molecule has 0 bridgehead atoms. The Labute approximate surface area is 188 Å². The van der Waals surface area contributed by atoms with Crippen LogP contribution in [0.3, 0.4) is 0 Å². The molecular weight excluding hydrogens is 460 g/mol. The molecule has 2 nitrogen and oxygen atoms in total. The van der Waals surface area contributed by atoms with Crippen molar-refractivity contribution in [2.75, 3.05) is 13.7 Å². The maximum Gasteiger partial charge on any atom is 0.428 e. The van der Waals surface area contributed by atoms with E-state index < -0.39 is 42.0 Å². The topological polar surface area (TPSA) is 18.5 Å². The second-order valence-electron chi connectivity index (χ2n) is 9.57. The molecule has 2 fully saturated rings. The highest BCUT2D eigenvalue weighted by Crippen LogP contribution is 2.47. The maximum atomic E-state index is 15.5. The Hall–Kier alpha value is -1.16. The van der Waals surface area contributed by atoms with Crippen molar-refractivity contribution in [2.45, 2.75) is 81.6 Å². The van der Waals surface area contributed by atoms with Gasteiger partial charge in [0, 0.05) is 19.6 Å². The van der Waals surface area contributed by atoms with Crippen LogP contribution in [-0.4, -0.2) is 43.9 Å². The molecule has 3 aliphatic carbocycles. The van der Waals surface area contributed by atoms with Crippen LogP contribution in [0.15, 0.2) is 24.1 Å². The number of rotatable bonds is 7.